The topological polar surface area (TPSA) is 32.7 Å². The van der Waals surface area contributed by atoms with Crippen molar-refractivity contribution in [3.8, 4) is 11.5 Å². The van der Waals surface area contributed by atoms with Gasteiger partial charge in [-0.3, -0.25) is 0 Å². The highest BCUT2D eigenvalue weighted by atomic mass is 32.2. The van der Waals surface area contributed by atoms with Crippen molar-refractivity contribution in [3.05, 3.63) is 83.7 Å². The first-order valence-electron chi connectivity index (χ1n) is 10.5. The van der Waals surface area contributed by atoms with Gasteiger partial charge in [0.15, 0.2) is 11.9 Å². The Morgan fingerprint density at radius 2 is 1.53 bits per heavy atom. The van der Waals surface area contributed by atoms with Gasteiger partial charge in [0.05, 0.1) is 17.8 Å². The molecule has 206 valence electrons. The summed E-state index contributed by atoms with van der Waals surface area (Å²) >= 11 is -0.428. The number of para-hydroxylation sites is 2. The lowest BCUT2D eigenvalue weighted by Gasteiger charge is -2.30. The lowest BCUT2D eigenvalue weighted by molar-refractivity contribution is -0.200. The monoisotopic (exact) mass is 573 g/mol. The van der Waals surface area contributed by atoms with E-state index in [1.165, 1.54) is 36.4 Å². The third-order valence-corrected chi connectivity index (χ3v) is 5.70. The number of halogens is 10. The summed E-state index contributed by atoms with van der Waals surface area (Å²) in [4.78, 5) is 0.517. The number of hydrogen-bond acceptors (Lipinski definition) is 4. The van der Waals surface area contributed by atoms with Crippen LogP contribution in [0.15, 0.2) is 71.6 Å². The lowest BCUT2D eigenvalue weighted by Crippen LogP contribution is -2.41. The number of hydrogen-bond donors (Lipinski definition) is 1. The maximum Gasteiger partial charge on any atom is 0.446 e. The molecule has 0 aliphatic rings. The zero-order valence-electron chi connectivity index (χ0n) is 18.8. The molecule has 0 radical (unpaired) electrons. The van der Waals surface area contributed by atoms with Crippen LogP contribution in [0, 0.1) is 5.82 Å². The van der Waals surface area contributed by atoms with Crippen LogP contribution in [-0.2, 0) is 12.7 Å². The van der Waals surface area contributed by atoms with Crippen LogP contribution in [0.4, 0.5) is 49.6 Å². The summed E-state index contributed by atoms with van der Waals surface area (Å²) in [6.45, 7) is -2.06. The maximum absolute atomic E-state index is 14.4. The fraction of sp³-hybridized carbons (Fsp3) is 0.250. The molecule has 3 rings (SSSR count). The fourth-order valence-corrected chi connectivity index (χ4v) is 3.89. The lowest BCUT2D eigenvalue weighted by atomic mass is 10.1. The van der Waals surface area contributed by atoms with Gasteiger partial charge >= 0.3 is 17.9 Å². The second-order valence-electron chi connectivity index (χ2n) is 7.83. The summed E-state index contributed by atoms with van der Waals surface area (Å²) in [5.41, 5.74) is -6.65. The van der Waals surface area contributed by atoms with E-state index < -0.39 is 65.8 Å². The van der Waals surface area contributed by atoms with E-state index in [0.29, 0.717) is 18.2 Å². The molecule has 1 atom stereocenters. The molecule has 0 fully saturated rings. The normalized spacial score (nSPS) is 13.3. The van der Waals surface area contributed by atoms with Gasteiger partial charge in [-0.05, 0) is 60.3 Å². The zero-order chi connectivity index (χ0) is 28.3. The van der Waals surface area contributed by atoms with Crippen molar-refractivity contribution in [1.29, 1.82) is 0 Å². The molecule has 0 aromatic heterocycles. The molecule has 0 aliphatic heterocycles. The summed E-state index contributed by atoms with van der Waals surface area (Å²) < 4.78 is 137. The number of anilines is 1. The molecule has 3 nitrogen and oxygen atoms in total. The standard InChI is InChI=1S/C24H17F10NO2S/c25-18-9-8-15(22(26,27)28)10-14(18)12-35(13-21(36)23(29,30)31)19-6-1-2-7-20(19)37-16-4-3-5-17(11-16)38-24(32,33)34/h1-11,21,36H,12-13H2. The van der Waals surface area contributed by atoms with E-state index in [2.05, 4.69) is 0 Å². The van der Waals surface area contributed by atoms with Gasteiger partial charge in [0.2, 0.25) is 0 Å². The summed E-state index contributed by atoms with van der Waals surface area (Å²) in [6.07, 6.45) is -13.0. The minimum atomic E-state index is -5.12. The van der Waals surface area contributed by atoms with Crippen molar-refractivity contribution in [2.75, 3.05) is 11.4 Å². The minimum Gasteiger partial charge on any atom is -0.455 e. The highest BCUT2D eigenvalue weighted by Gasteiger charge is 2.40. The smallest absolute Gasteiger partial charge is 0.446 e. The molecule has 1 unspecified atom stereocenters. The Hall–Kier alpha value is -3.13. The number of rotatable bonds is 8. The molecular weight excluding hydrogens is 556 g/mol. The van der Waals surface area contributed by atoms with Crippen molar-refractivity contribution in [2.45, 2.75) is 35.4 Å². The van der Waals surface area contributed by atoms with Gasteiger partial charge in [-0.1, -0.05) is 18.2 Å². The molecule has 38 heavy (non-hydrogen) atoms. The molecule has 3 aromatic rings. The van der Waals surface area contributed by atoms with Crippen LogP contribution in [0.5, 0.6) is 11.5 Å². The zero-order valence-corrected chi connectivity index (χ0v) is 19.6. The summed E-state index contributed by atoms with van der Waals surface area (Å²) in [6, 6.07) is 11.3. The van der Waals surface area contributed by atoms with Crippen LogP contribution in [0.2, 0.25) is 0 Å². The van der Waals surface area contributed by atoms with Gasteiger partial charge in [-0.2, -0.15) is 39.5 Å². The molecule has 0 saturated carbocycles. The Bertz CT molecular complexity index is 1240. The SMILES string of the molecule is OC(CN(Cc1cc(C(F)(F)F)ccc1F)c1ccccc1Oc1cccc(SC(F)(F)F)c1)C(F)(F)F. The van der Waals surface area contributed by atoms with Gasteiger partial charge in [0.25, 0.3) is 0 Å². The van der Waals surface area contributed by atoms with E-state index in [9.17, 15) is 49.0 Å². The van der Waals surface area contributed by atoms with Crippen molar-refractivity contribution < 1.29 is 53.7 Å². The predicted molar refractivity (Wildman–Crippen MR) is 119 cm³/mol. The Balaban J connectivity index is 2.01. The van der Waals surface area contributed by atoms with Crippen LogP contribution >= 0.6 is 11.8 Å². The number of aliphatic hydroxyl groups excluding tert-OH is 1. The van der Waals surface area contributed by atoms with Crippen LogP contribution in [-0.4, -0.2) is 29.4 Å². The number of benzene rings is 3. The van der Waals surface area contributed by atoms with E-state index in [0.717, 1.165) is 17.0 Å². The minimum absolute atomic E-state index is 0.131. The largest absolute Gasteiger partial charge is 0.455 e. The van der Waals surface area contributed by atoms with Gasteiger partial charge in [0, 0.05) is 17.0 Å². The molecule has 0 amide bonds. The first-order valence-corrected chi connectivity index (χ1v) is 11.3. The first kappa shape index (κ1) is 29.4. The van der Waals surface area contributed by atoms with Gasteiger partial charge < -0.3 is 14.7 Å². The van der Waals surface area contributed by atoms with E-state index in [1.807, 2.05) is 0 Å². The second kappa shape index (κ2) is 11.3. The maximum atomic E-state index is 14.4. The van der Waals surface area contributed by atoms with E-state index in [4.69, 9.17) is 4.74 Å². The van der Waals surface area contributed by atoms with Crippen molar-refractivity contribution in [2.24, 2.45) is 0 Å². The Labute approximate surface area is 213 Å². The Morgan fingerprint density at radius 1 is 0.842 bits per heavy atom. The van der Waals surface area contributed by atoms with Gasteiger partial charge in [-0.25, -0.2) is 4.39 Å². The highest BCUT2D eigenvalue weighted by molar-refractivity contribution is 8.00. The van der Waals surface area contributed by atoms with Crippen molar-refractivity contribution in [1.82, 2.24) is 0 Å². The molecule has 3 aromatic carbocycles. The molecular formula is C24H17F10NO2S. The Morgan fingerprint density at radius 3 is 2.16 bits per heavy atom. The van der Waals surface area contributed by atoms with E-state index in [1.54, 1.807) is 0 Å². The third-order valence-electron chi connectivity index (χ3n) is 4.98. The Kier molecular flexibility index (Phi) is 8.76. The number of thioether (sulfide) groups is 1. The molecule has 1 N–H and O–H groups in total. The molecule has 0 bridgehead atoms. The van der Waals surface area contributed by atoms with E-state index in [-0.39, 0.29) is 22.1 Å². The average molecular weight is 573 g/mol. The van der Waals surface area contributed by atoms with Crippen LogP contribution in [0.3, 0.4) is 0 Å². The second-order valence-corrected chi connectivity index (χ2v) is 8.97. The summed E-state index contributed by atoms with van der Waals surface area (Å²) in [7, 11) is 0. The summed E-state index contributed by atoms with van der Waals surface area (Å²) in [5.74, 6) is -1.48. The van der Waals surface area contributed by atoms with Gasteiger partial charge in [0.1, 0.15) is 11.6 Å². The number of ether oxygens (including phenoxy) is 1. The van der Waals surface area contributed by atoms with Crippen molar-refractivity contribution in [3.63, 3.8) is 0 Å². The van der Waals surface area contributed by atoms with Gasteiger partial charge in [-0.15, -0.1) is 0 Å². The average Bonchev–Trinajstić information content (AvgIpc) is 2.78. The highest BCUT2D eigenvalue weighted by Crippen LogP contribution is 2.40. The van der Waals surface area contributed by atoms with Crippen LogP contribution < -0.4 is 9.64 Å². The van der Waals surface area contributed by atoms with Crippen molar-refractivity contribution >= 4 is 17.4 Å². The summed E-state index contributed by atoms with van der Waals surface area (Å²) in [5, 5.41) is 9.68. The molecule has 14 heteroatoms. The quantitative estimate of drug-likeness (QED) is 0.218. The molecule has 0 heterocycles. The van der Waals surface area contributed by atoms with Crippen LogP contribution in [0.25, 0.3) is 0 Å². The number of nitrogens with zero attached hydrogens (tertiary/aromatic N) is 1. The van der Waals surface area contributed by atoms with E-state index >= 15 is 0 Å². The molecule has 0 aliphatic carbocycles. The third kappa shape index (κ3) is 8.18. The number of alkyl halides is 9. The fourth-order valence-electron chi connectivity index (χ4n) is 3.30. The first-order chi connectivity index (χ1) is 17.5. The van der Waals surface area contributed by atoms with Crippen LogP contribution in [0.1, 0.15) is 11.1 Å². The predicted octanol–water partition coefficient (Wildman–Crippen LogP) is 8.18. The molecule has 0 spiro atoms. The number of aliphatic hydroxyl groups is 1. The molecule has 0 saturated heterocycles.